The molecule has 0 bridgehead atoms. The van der Waals surface area contributed by atoms with E-state index in [1.54, 1.807) is 6.07 Å². The van der Waals surface area contributed by atoms with Crippen LogP contribution in [0.4, 0.5) is 0 Å². The molecule has 0 saturated carbocycles. The number of hydrogen-bond donors (Lipinski definition) is 2. The lowest BCUT2D eigenvalue weighted by Crippen LogP contribution is -2.23. The topological polar surface area (TPSA) is 72.5 Å². The maximum atomic E-state index is 11.2. The number of carbonyl (C=O) groups is 1. The Kier molecular flexibility index (Phi) is 3.96. The summed E-state index contributed by atoms with van der Waals surface area (Å²) in [5.41, 5.74) is 5.81. The van der Waals surface area contributed by atoms with Crippen molar-refractivity contribution in [1.29, 1.82) is 0 Å². The van der Waals surface area contributed by atoms with E-state index in [0.29, 0.717) is 4.47 Å². The van der Waals surface area contributed by atoms with Crippen molar-refractivity contribution in [2.24, 2.45) is 5.73 Å². The molecule has 0 fully saturated rings. The largest absolute Gasteiger partial charge is 0.506 e. The Morgan fingerprint density at radius 1 is 1.67 bits per heavy atom. The Morgan fingerprint density at radius 3 is 2.80 bits per heavy atom. The van der Waals surface area contributed by atoms with Crippen molar-refractivity contribution in [3.05, 3.63) is 27.2 Å². The maximum Gasteiger partial charge on any atom is 0.327 e. The number of phenolic OH excluding ortho intramolecular Hbond substituents is 1. The molecule has 0 saturated heterocycles. The van der Waals surface area contributed by atoms with Gasteiger partial charge in [-0.15, -0.1) is 0 Å². The number of rotatable bonds is 2. The Bertz CT molecular complexity index is 397. The first-order valence-electron chi connectivity index (χ1n) is 3.99. The van der Waals surface area contributed by atoms with Gasteiger partial charge in [0.15, 0.2) is 0 Å². The van der Waals surface area contributed by atoms with Gasteiger partial charge in [-0.05, 0) is 12.1 Å². The molecular formula is C9H9BrClNO3. The number of hydrogen-bond acceptors (Lipinski definition) is 4. The van der Waals surface area contributed by atoms with Crippen LogP contribution >= 0.6 is 27.5 Å². The monoisotopic (exact) mass is 293 g/mol. The number of carbonyl (C=O) groups excluding carboxylic acids is 1. The standard InChI is InChI=1S/C9H9BrClNO3/c1-15-9(14)7(12)6-4(10)2-3-5(11)8(6)13/h2-3,7,13H,12H2,1H3/t7-/m0/s1. The van der Waals surface area contributed by atoms with Crippen molar-refractivity contribution in [3.63, 3.8) is 0 Å². The molecule has 0 aliphatic rings. The normalized spacial score (nSPS) is 12.3. The zero-order valence-electron chi connectivity index (χ0n) is 7.83. The zero-order valence-corrected chi connectivity index (χ0v) is 10.2. The van der Waals surface area contributed by atoms with Crippen molar-refractivity contribution in [3.8, 4) is 5.75 Å². The summed E-state index contributed by atoms with van der Waals surface area (Å²) in [6.45, 7) is 0. The van der Waals surface area contributed by atoms with Gasteiger partial charge in [0.05, 0.1) is 12.1 Å². The summed E-state index contributed by atoms with van der Waals surface area (Å²) < 4.78 is 4.98. The summed E-state index contributed by atoms with van der Waals surface area (Å²) in [6.07, 6.45) is 0. The number of nitrogens with two attached hydrogens (primary N) is 1. The predicted octanol–water partition coefficient (Wildman–Crippen LogP) is 1.98. The van der Waals surface area contributed by atoms with Gasteiger partial charge in [0.1, 0.15) is 11.8 Å². The molecule has 0 amide bonds. The van der Waals surface area contributed by atoms with Crippen molar-refractivity contribution in [2.45, 2.75) is 6.04 Å². The lowest BCUT2D eigenvalue weighted by molar-refractivity contribution is -0.142. The number of halogens is 2. The lowest BCUT2D eigenvalue weighted by Gasteiger charge is -2.13. The summed E-state index contributed by atoms with van der Waals surface area (Å²) in [5.74, 6) is -0.864. The first-order valence-corrected chi connectivity index (χ1v) is 5.16. The molecule has 0 aliphatic heterocycles. The molecule has 0 unspecified atom stereocenters. The third-order valence-electron chi connectivity index (χ3n) is 1.88. The minimum absolute atomic E-state index is 0.132. The van der Waals surface area contributed by atoms with Crippen LogP contribution in [-0.4, -0.2) is 18.2 Å². The average Bonchev–Trinajstić information content (AvgIpc) is 2.22. The number of aromatic hydroxyl groups is 1. The van der Waals surface area contributed by atoms with E-state index in [1.807, 2.05) is 0 Å². The van der Waals surface area contributed by atoms with Gasteiger partial charge >= 0.3 is 5.97 Å². The number of ether oxygens (including phenoxy) is 1. The molecule has 3 N–H and O–H groups in total. The number of methoxy groups -OCH3 is 1. The smallest absolute Gasteiger partial charge is 0.327 e. The molecule has 0 aromatic heterocycles. The zero-order chi connectivity index (χ0) is 11.6. The van der Waals surface area contributed by atoms with Crippen LogP contribution in [0.1, 0.15) is 11.6 Å². The van der Waals surface area contributed by atoms with Gasteiger partial charge in [0.25, 0.3) is 0 Å². The SMILES string of the molecule is COC(=O)[C@@H](N)c1c(Br)ccc(Cl)c1O. The number of esters is 1. The molecule has 6 heteroatoms. The Hall–Kier alpha value is -0.780. The summed E-state index contributed by atoms with van der Waals surface area (Å²) in [7, 11) is 1.22. The third kappa shape index (κ3) is 2.42. The molecule has 1 rings (SSSR count). The highest BCUT2D eigenvalue weighted by Gasteiger charge is 2.23. The van der Waals surface area contributed by atoms with Crippen LogP contribution < -0.4 is 5.73 Å². The minimum atomic E-state index is -1.07. The van der Waals surface area contributed by atoms with Gasteiger partial charge < -0.3 is 15.6 Å². The summed E-state index contributed by atoms with van der Waals surface area (Å²) in [5, 5.41) is 9.78. The predicted molar refractivity (Wildman–Crippen MR) is 59.8 cm³/mol. The van der Waals surface area contributed by atoms with Crippen molar-refractivity contribution >= 4 is 33.5 Å². The molecule has 1 aromatic carbocycles. The van der Waals surface area contributed by atoms with E-state index in [9.17, 15) is 9.90 Å². The van der Waals surface area contributed by atoms with E-state index in [1.165, 1.54) is 13.2 Å². The van der Waals surface area contributed by atoms with Crippen LogP contribution in [0.25, 0.3) is 0 Å². The Labute approximate surface area is 100 Å². The van der Waals surface area contributed by atoms with Crippen LogP contribution in [0.3, 0.4) is 0 Å². The van der Waals surface area contributed by atoms with Gasteiger partial charge in [-0.25, -0.2) is 0 Å². The van der Waals surface area contributed by atoms with Crippen molar-refractivity contribution < 1.29 is 14.6 Å². The molecule has 0 spiro atoms. The fourth-order valence-electron chi connectivity index (χ4n) is 1.10. The summed E-state index contributed by atoms with van der Waals surface area (Å²) >= 11 is 8.87. The van der Waals surface area contributed by atoms with Crippen molar-refractivity contribution in [2.75, 3.05) is 7.11 Å². The van der Waals surface area contributed by atoms with Crippen LogP contribution in [0, 0.1) is 0 Å². The van der Waals surface area contributed by atoms with E-state index in [0.717, 1.165) is 0 Å². The van der Waals surface area contributed by atoms with Crippen LogP contribution in [0.2, 0.25) is 5.02 Å². The highest BCUT2D eigenvalue weighted by Crippen LogP contribution is 2.36. The van der Waals surface area contributed by atoms with Gasteiger partial charge in [0, 0.05) is 10.0 Å². The molecule has 0 heterocycles. The first kappa shape index (κ1) is 12.3. The second-order valence-electron chi connectivity index (χ2n) is 2.79. The number of benzene rings is 1. The van der Waals surface area contributed by atoms with Gasteiger partial charge in [0.2, 0.25) is 0 Å². The third-order valence-corrected chi connectivity index (χ3v) is 2.88. The van der Waals surface area contributed by atoms with E-state index >= 15 is 0 Å². The second kappa shape index (κ2) is 4.83. The molecule has 0 aliphatic carbocycles. The van der Waals surface area contributed by atoms with Crippen LogP contribution in [0.5, 0.6) is 5.75 Å². The fourth-order valence-corrected chi connectivity index (χ4v) is 1.83. The Morgan fingerprint density at radius 2 is 2.27 bits per heavy atom. The van der Waals surface area contributed by atoms with Gasteiger partial charge in [-0.3, -0.25) is 4.79 Å². The van der Waals surface area contributed by atoms with Gasteiger partial charge in [-0.2, -0.15) is 0 Å². The number of phenols is 1. The summed E-state index contributed by atoms with van der Waals surface area (Å²) in [6, 6.07) is 2.03. The highest BCUT2D eigenvalue weighted by atomic mass is 79.9. The van der Waals surface area contributed by atoms with Crippen molar-refractivity contribution in [1.82, 2.24) is 0 Å². The van der Waals surface area contributed by atoms with Crippen LogP contribution in [-0.2, 0) is 9.53 Å². The average molecular weight is 295 g/mol. The molecule has 1 atom stereocenters. The van der Waals surface area contributed by atoms with E-state index in [4.69, 9.17) is 17.3 Å². The molecule has 15 heavy (non-hydrogen) atoms. The molecule has 0 radical (unpaired) electrons. The Balaban J connectivity index is 3.24. The highest BCUT2D eigenvalue weighted by molar-refractivity contribution is 9.10. The van der Waals surface area contributed by atoms with E-state index < -0.39 is 12.0 Å². The molecular weight excluding hydrogens is 285 g/mol. The molecule has 82 valence electrons. The molecule has 4 nitrogen and oxygen atoms in total. The fraction of sp³-hybridized carbons (Fsp3) is 0.222. The van der Waals surface area contributed by atoms with E-state index in [2.05, 4.69) is 20.7 Å². The summed E-state index contributed by atoms with van der Waals surface area (Å²) in [4.78, 5) is 11.2. The first-order chi connectivity index (χ1) is 6.99. The minimum Gasteiger partial charge on any atom is -0.506 e. The second-order valence-corrected chi connectivity index (χ2v) is 4.05. The van der Waals surface area contributed by atoms with Gasteiger partial charge in [-0.1, -0.05) is 27.5 Å². The molecule has 1 aromatic rings. The van der Waals surface area contributed by atoms with E-state index in [-0.39, 0.29) is 16.3 Å². The maximum absolute atomic E-state index is 11.2. The lowest BCUT2D eigenvalue weighted by atomic mass is 10.1. The van der Waals surface area contributed by atoms with Crippen LogP contribution in [0.15, 0.2) is 16.6 Å². The quantitative estimate of drug-likeness (QED) is 0.818.